The summed E-state index contributed by atoms with van der Waals surface area (Å²) in [5, 5.41) is 21.4. The van der Waals surface area contributed by atoms with Crippen LogP contribution < -0.4 is 5.32 Å². The molecule has 46 heavy (non-hydrogen) atoms. The van der Waals surface area contributed by atoms with Crippen molar-refractivity contribution in [2.45, 2.75) is 84.5 Å². The van der Waals surface area contributed by atoms with E-state index in [2.05, 4.69) is 15.5 Å². The van der Waals surface area contributed by atoms with E-state index in [-0.39, 0.29) is 53.7 Å². The Morgan fingerprint density at radius 1 is 1.11 bits per heavy atom. The second-order valence-electron chi connectivity index (χ2n) is 12.7. The SMILES string of the molecule is Cc1nc(CN2CCN([C@H](C(=O)N[C@@H](Cc3ccccc3)[C@H](O)CN(CC(C)C)S(=O)(=O)c3c(C)noc3C)C(C)C)C2=O)cs1. The van der Waals surface area contributed by atoms with Gasteiger partial charge in [-0.25, -0.2) is 18.2 Å². The summed E-state index contributed by atoms with van der Waals surface area (Å²) < 4.78 is 34.1. The van der Waals surface area contributed by atoms with Crippen molar-refractivity contribution in [3.8, 4) is 0 Å². The number of aliphatic hydroxyl groups excluding tert-OH is 1. The first kappa shape index (κ1) is 35.5. The first-order valence-electron chi connectivity index (χ1n) is 15.6. The fraction of sp³-hybridized carbons (Fsp3) is 0.562. The summed E-state index contributed by atoms with van der Waals surface area (Å²) in [4.78, 5) is 35.3. The number of carbonyl (C=O) groups excluding carboxylic acids is 2. The zero-order valence-electron chi connectivity index (χ0n) is 27.6. The van der Waals surface area contributed by atoms with Crippen molar-refractivity contribution in [3.05, 3.63) is 63.4 Å². The van der Waals surface area contributed by atoms with E-state index in [1.807, 2.05) is 70.3 Å². The lowest BCUT2D eigenvalue weighted by molar-refractivity contribution is -0.128. The summed E-state index contributed by atoms with van der Waals surface area (Å²) >= 11 is 1.53. The summed E-state index contributed by atoms with van der Waals surface area (Å²) in [6, 6.07) is 7.50. The number of nitrogens with one attached hydrogen (secondary N) is 1. The highest BCUT2D eigenvalue weighted by molar-refractivity contribution is 7.89. The molecule has 3 aromatic rings. The molecule has 3 amide bonds. The molecule has 252 valence electrons. The van der Waals surface area contributed by atoms with Crippen molar-refractivity contribution in [1.29, 1.82) is 0 Å². The number of benzene rings is 1. The lowest BCUT2D eigenvalue weighted by Crippen LogP contribution is -2.57. The van der Waals surface area contributed by atoms with Crippen molar-refractivity contribution < 1.29 is 27.6 Å². The average Bonchev–Trinajstić information content (AvgIpc) is 3.66. The Balaban J connectivity index is 1.58. The van der Waals surface area contributed by atoms with Crippen LogP contribution in [-0.4, -0.2) is 94.1 Å². The maximum atomic E-state index is 14.0. The fourth-order valence-electron chi connectivity index (χ4n) is 5.89. The molecule has 0 aliphatic carbocycles. The van der Waals surface area contributed by atoms with Crippen molar-refractivity contribution >= 4 is 33.3 Å². The normalized spacial score (nSPS) is 16.1. The highest BCUT2D eigenvalue weighted by Crippen LogP contribution is 2.26. The average molecular weight is 675 g/mol. The molecule has 12 nitrogen and oxygen atoms in total. The van der Waals surface area contributed by atoms with Gasteiger partial charge in [0.05, 0.1) is 29.4 Å². The molecule has 1 saturated heterocycles. The number of nitrogens with zero attached hydrogens (tertiary/aromatic N) is 5. The summed E-state index contributed by atoms with van der Waals surface area (Å²) in [5.74, 6) is -0.507. The molecule has 2 N–H and O–H groups in total. The van der Waals surface area contributed by atoms with Crippen LogP contribution in [0, 0.1) is 32.6 Å². The van der Waals surface area contributed by atoms with Crippen LogP contribution in [0.15, 0.2) is 45.1 Å². The summed E-state index contributed by atoms with van der Waals surface area (Å²) in [7, 11) is -4.08. The van der Waals surface area contributed by atoms with E-state index < -0.39 is 34.1 Å². The van der Waals surface area contributed by atoms with Gasteiger partial charge in [0.2, 0.25) is 15.9 Å². The van der Waals surface area contributed by atoms with Gasteiger partial charge in [0.25, 0.3) is 0 Å². The van der Waals surface area contributed by atoms with Crippen LogP contribution in [0.2, 0.25) is 0 Å². The van der Waals surface area contributed by atoms with Crippen LogP contribution in [0.25, 0.3) is 0 Å². The van der Waals surface area contributed by atoms with E-state index in [0.717, 1.165) is 16.3 Å². The molecule has 0 unspecified atom stereocenters. The number of aliphatic hydroxyl groups is 1. The molecule has 2 aromatic heterocycles. The van der Waals surface area contributed by atoms with Gasteiger partial charge in [-0.2, -0.15) is 4.31 Å². The van der Waals surface area contributed by atoms with Crippen LogP contribution in [-0.2, 0) is 27.8 Å². The number of rotatable bonds is 15. The number of aryl methyl sites for hydroxylation is 3. The smallest absolute Gasteiger partial charge is 0.321 e. The largest absolute Gasteiger partial charge is 0.390 e. The Bertz CT molecular complexity index is 1570. The Hall–Kier alpha value is -3.33. The second kappa shape index (κ2) is 15.1. The molecule has 1 aliphatic heterocycles. The molecule has 0 radical (unpaired) electrons. The molecule has 4 rings (SSSR count). The first-order valence-corrected chi connectivity index (χ1v) is 17.9. The van der Waals surface area contributed by atoms with Crippen LogP contribution in [0.5, 0.6) is 0 Å². The molecule has 3 atom stereocenters. The predicted octanol–water partition coefficient (Wildman–Crippen LogP) is 3.75. The Labute approximate surface area is 275 Å². The highest BCUT2D eigenvalue weighted by atomic mass is 32.2. The van der Waals surface area contributed by atoms with Crippen molar-refractivity contribution in [3.63, 3.8) is 0 Å². The standard InChI is InChI=1S/C32H46N6O6S2/c1-20(2)16-37(46(42,43)30-22(5)35-44-23(30)6)18-28(39)27(15-25-11-9-8-10-12-25)34-31(40)29(21(3)4)38-14-13-36(32(38)41)17-26-19-45-24(7)33-26/h8-12,19-21,27-29,39H,13-18H2,1-7H3,(H,34,40)/t27-,28+,29-/m0/s1. The van der Waals surface area contributed by atoms with E-state index in [1.165, 1.54) is 15.6 Å². The molecular formula is C32H46N6O6S2. The highest BCUT2D eigenvalue weighted by Gasteiger charge is 2.41. The molecule has 3 heterocycles. The number of aromatic nitrogens is 2. The zero-order valence-corrected chi connectivity index (χ0v) is 29.3. The lowest BCUT2D eigenvalue weighted by Gasteiger charge is -2.34. The molecule has 0 spiro atoms. The van der Waals surface area contributed by atoms with Crippen LogP contribution >= 0.6 is 11.3 Å². The van der Waals surface area contributed by atoms with E-state index in [1.54, 1.807) is 23.6 Å². The van der Waals surface area contributed by atoms with Crippen molar-refractivity contribution in [2.75, 3.05) is 26.2 Å². The minimum absolute atomic E-state index is 0.0196. The summed E-state index contributed by atoms with van der Waals surface area (Å²) in [5.41, 5.74) is 1.91. The van der Waals surface area contributed by atoms with E-state index in [4.69, 9.17) is 4.52 Å². The van der Waals surface area contributed by atoms with Crippen molar-refractivity contribution in [1.82, 2.24) is 29.6 Å². The number of hydrogen-bond donors (Lipinski definition) is 2. The third-order valence-corrected chi connectivity index (χ3v) is 10.9. The van der Waals surface area contributed by atoms with Gasteiger partial charge in [-0.05, 0) is 44.6 Å². The summed E-state index contributed by atoms with van der Waals surface area (Å²) in [6.07, 6.45) is -1.02. The Morgan fingerprint density at radius 3 is 2.37 bits per heavy atom. The van der Waals surface area contributed by atoms with Crippen LogP contribution in [0.4, 0.5) is 4.79 Å². The van der Waals surface area contributed by atoms with E-state index >= 15 is 0 Å². The zero-order chi connectivity index (χ0) is 33.8. The van der Waals surface area contributed by atoms with Gasteiger partial charge in [0, 0.05) is 31.6 Å². The summed E-state index contributed by atoms with van der Waals surface area (Å²) in [6.45, 7) is 13.7. The van der Waals surface area contributed by atoms with Crippen LogP contribution in [0.3, 0.4) is 0 Å². The topological polar surface area (TPSA) is 149 Å². The third kappa shape index (κ3) is 8.33. The molecule has 1 fully saturated rings. The Kier molecular flexibility index (Phi) is 11.6. The molecule has 1 aromatic carbocycles. The first-order chi connectivity index (χ1) is 21.7. The minimum Gasteiger partial charge on any atom is -0.390 e. The van der Waals surface area contributed by atoms with Crippen LogP contribution in [0.1, 0.15) is 55.4 Å². The molecule has 0 bridgehead atoms. The van der Waals surface area contributed by atoms with E-state index in [0.29, 0.717) is 19.6 Å². The van der Waals surface area contributed by atoms with Gasteiger partial charge in [-0.3, -0.25) is 4.79 Å². The maximum Gasteiger partial charge on any atom is 0.321 e. The monoisotopic (exact) mass is 674 g/mol. The van der Waals surface area contributed by atoms with Gasteiger partial charge in [0.1, 0.15) is 16.6 Å². The third-order valence-electron chi connectivity index (χ3n) is 8.00. The molecule has 0 saturated carbocycles. The number of urea groups is 1. The number of amides is 3. The van der Waals surface area contributed by atoms with Gasteiger partial charge < -0.3 is 24.7 Å². The Morgan fingerprint density at radius 2 is 1.80 bits per heavy atom. The van der Waals surface area contributed by atoms with Gasteiger partial charge >= 0.3 is 6.03 Å². The number of hydrogen-bond acceptors (Lipinski definition) is 9. The van der Waals surface area contributed by atoms with Gasteiger partial charge in [0.15, 0.2) is 5.76 Å². The maximum absolute atomic E-state index is 14.0. The van der Waals surface area contributed by atoms with Crippen molar-refractivity contribution in [2.24, 2.45) is 11.8 Å². The second-order valence-corrected chi connectivity index (χ2v) is 15.6. The van der Waals surface area contributed by atoms with Gasteiger partial charge in [-0.1, -0.05) is 63.2 Å². The minimum atomic E-state index is -4.08. The quantitative estimate of drug-likeness (QED) is 0.248. The number of carbonyl (C=O) groups is 2. The van der Waals surface area contributed by atoms with Gasteiger partial charge in [-0.15, -0.1) is 11.3 Å². The number of sulfonamides is 1. The predicted molar refractivity (Wildman–Crippen MR) is 176 cm³/mol. The number of thiazole rings is 1. The molecular weight excluding hydrogens is 629 g/mol. The van der Waals surface area contributed by atoms with E-state index in [9.17, 15) is 23.1 Å². The molecule has 1 aliphatic rings. The fourth-order valence-corrected chi connectivity index (χ4v) is 8.41. The lowest BCUT2D eigenvalue weighted by atomic mass is 9.97. The molecule has 14 heteroatoms.